The zero-order valence-corrected chi connectivity index (χ0v) is 6.66. The summed E-state index contributed by atoms with van der Waals surface area (Å²) < 4.78 is 5.20. The van der Waals surface area contributed by atoms with Crippen molar-refractivity contribution >= 4 is 11.6 Å². The Balaban J connectivity index is 2.78. The standard InChI is InChI=1S/C8H11N3O/c1-2-3-12-6-4-7(9)11-8(10)5-6/h2,4-5H,1,3H2,(H4,9,10,11). The summed E-state index contributed by atoms with van der Waals surface area (Å²) in [5.74, 6) is 1.32. The predicted molar refractivity (Wildman–Crippen MR) is 48.8 cm³/mol. The summed E-state index contributed by atoms with van der Waals surface area (Å²) in [5, 5.41) is 0. The third-order valence-electron chi connectivity index (χ3n) is 1.21. The van der Waals surface area contributed by atoms with Crippen molar-refractivity contribution in [2.75, 3.05) is 18.1 Å². The summed E-state index contributed by atoms with van der Waals surface area (Å²) in [4.78, 5) is 3.79. The van der Waals surface area contributed by atoms with Gasteiger partial charge in [-0.3, -0.25) is 0 Å². The van der Waals surface area contributed by atoms with Gasteiger partial charge in [-0.1, -0.05) is 12.7 Å². The molecule has 0 spiro atoms. The lowest BCUT2D eigenvalue weighted by Crippen LogP contribution is -1.99. The Morgan fingerprint density at radius 1 is 1.42 bits per heavy atom. The van der Waals surface area contributed by atoms with Gasteiger partial charge in [-0.15, -0.1) is 0 Å². The van der Waals surface area contributed by atoms with E-state index in [1.165, 1.54) is 0 Å². The van der Waals surface area contributed by atoms with E-state index in [1.54, 1.807) is 18.2 Å². The van der Waals surface area contributed by atoms with Gasteiger partial charge in [-0.2, -0.15) is 0 Å². The molecule has 4 N–H and O–H groups in total. The maximum absolute atomic E-state index is 5.43. The first-order valence-corrected chi connectivity index (χ1v) is 3.49. The number of nitrogens with zero attached hydrogens (tertiary/aromatic N) is 1. The second kappa shape index (κ2) is 3.61. The zero-order valence-electron chi connectivity index (χ0n) is 6.66. The fourth-order valence-corrected chi connectivity index (χ4v) is 0.785. The van der Waals surface area contributed by atoms with Crippen LogP contribution in [0.4, 0.5) is 11.6 Å². The molecule has 1 aromatic heterocycles. The second-order valence-corrected chi connectivity index (χ2v) is 2.25. The van der Waals surface area contributed by atoms with Crippen LogP contribution in [0.3, 0.4) is 0 Å². The molecule has 12 heavy (non-hydrogen) atoms. The molecule has 0 aliphatic carbocycles. The van der Waals surface area contributed by atoms with Gasteiger partial charge >= 0.3 is 0 Å². The molecule has 0 atom stereocenters. The maximum Gasteiger partial charge on any atom is 0.129 e. The number of pyridine rings is 1. The van der Waals surface area contributed by atoms with Crippen LogP contribution in [0.15, 0.2) is 24.8 Å². The number of rotatable bonds is 3. The first kappa shape index (κ1) is 8.39. The predicted octanol–water partition coefficient (Wildman–Crippen LogP) is 0.811. The van der Waals surface area contributed by atoms with Gasteiger partial charge in [0.05, 0.1) is 0 Å². The molecule has 0 unspecified atom stereocenters. The van der Waals surface area contributed by atoms with Crippen LogP contribution in [0, 0.1) is 0 Å². The van der Waals surface area contributed by atoms with Crippen molar-refractivity contribution in [2.24, 2.45) is 0 Å². The zero-order chi connectivity index (χ0) is 8.97. The van der Waals surface area contributed by atoms with Gasteiger partial charge in [0.25, 0.3) is 0 Å². The largest absolute Gasteiger partial charge is 0.489 e. The molecule has 1 rings (SSSR count). The molecule has 0 saturated heterocycles. The number of aromatic nitrogens is 1. The van der Waals surface area contributed by atoms with E-state index in [4.69, 9.17) is 16.2 Å². The molecule has 4 heteroatoms. The highest BCUT2D eigenvalue weighted by atomic mass is 16.5. The number of hydrogen-bond acceptors (Lipinski definition) is 4. The Morgan fingerprint density at radius 3 is 2.50 bits per heavy atom. The fourth-order valence-electron chi connectivity index (χ4n) is 0.785. The van der Waals surface area contributed by atoms with Gasteiger partial charge in [-0.05, 0) is 0 Å². The third kappa shape index (κ3) is 2.16. The van der Waals surface area contributed by atoms with Gasteiger partial charge in [-0.25, -0.2) is 4.98 Å². The number of nitrogens with two attached hydrogens (primary N) is 2. The molecule has 64 valence electrons. The van der Waals surface area contributed by atoms with Crippen LogP contribution in [0.1, 0.15) is 0 Å². The average Bonchev–Trinajstić information content (AvgIpc) is 1.99. The summed E-state index contributed by atoms with van der Waals surface area (Å²) in [6.07, 6.45) is 1.65. The maximum atomic E-state index is 5.43. The SMILES string of the molecule is C=CCOc1cc(N)nc(N)c1. The summed E-state index contributed by atoms with van der Waals surface area (Å²) in [6, 6.07) is 3.22. The summed E-state index contributed by atoms with van der Waals surface area (Å²) >= 11 is 0. The van der Waals surface area contributed by atoms with E-state index < -0.39 is 0 Å². The minimum absolute atomic E-state index is 0.356. The molecule has 0 saturated carbocycles. The number of anilines is 2. The quantitative estimate of drug-likeness (QED) is 0.650. The van der Waals surface area contributed by atoms with E-state index in [0.717, 1.165) is 0 Å². The molecule has 4 nitrogen and oxygen atoms in total. The van der Waals surface area contributed by atoms with Crippen LogP contribution in [0.5, 0.6) is 5.75 Å². The van der Waals surface area contributed by atoms with Gasteiger partial charge in [0.1, 0.15) is 24.0 Å². The van der Waals surface area contributed by atoms with Crippen LogP contribution < -0.4 is 16.2 Å². The van der Waals surface area contributed by atoms with E-state index in [9.17, 15) is 0 Å². The Kier molecular flexibility index (Phi) is 2.53. The smallest absolute Gasteiger partial charge is 0.129 e. The highest BCUT2D eigenvalue weighted by Gasteiger charge is 1.96. The van der Waals surface area contributed by atoms with Crippen molar-refractivity contribution in [3.05, 3.63) is 24.8 Å². The first-order chi connectivity index (χ1) is 5.72. The lowest BCUT2D eigenvalue weighted by molar-refractivity contribution is 0.363. The molecule has 1 heterocycles. The van der Waals surface area contributed by atoms with Crippen LogP contribution in [-0.4, -0.2) is 11.6 Å². The van der Waals surface area contributed by atoms with Crippen LogP contribution >= 0.6 is 0 Å². The Hall–Kier alpha value is -1.71. The number of ether oxygens (including phenoxy) is 1. The minimum atomic E-state index is 0.356. The Morgan fingerprint density at radius 2 is 2.00 bits per heavy atom. The minimum Gasteiger partial charge on any atom is -0.489 e. The summed E-state index contributed by atoms with van der Waals surface area (Å²) in [6.45, 7) is 3.95. The summed E-state index contributed by atoms with van der Waals surface area (Å²) in [5.41, 5.74) is 10.9. The Bertz CT molecular complexity index is 265. The van der Waals surface area contributed by atoms with E-state index in [-0.39, 0.29) is 0 Å². The topological polar surface area (TPSA) is 74.2 Å². The molecule has 1 aromatic rings. The molecule has 0 bridgehead atoms. The monoisotopic (exact) mass is 165 g/mol. The highest BCUT2D eigenvalue weighted by Crippen LogP contribution is 2.16. The van der Waals surface area contributed by atoms with Crippen molar-refractivity contribution in [1.29, 1.82) is 0 Å². The van der Waals surface area contributed by atoms with Crippen molar-refractivity contribution in [3.63, 3.8) is 0 Å². The molecule has 0 amide bonds. The van der Waals surface area contributed by atoms with Crippen LogP contribution in [-0.2, 0) is 0 Å². The van der Waals surface area contributed by atoms with Crippen LogP contribution in [0.2, 0.25) is 0 Å². The third-order valence-corrected chi connectivity index (χ3v) is 1.21. The van der Waals surface area contributed by atoms with Crippen molar-refractivity contribution in [1.82, 2.24) is 4.98 Å². The average molecular weight is 165 g/mol. The second-order valence-electron chi connectivity index (χ2n) is 2.25. The molecule has 0 aliphatic rings. The molecular formula is C8H11N3O. The summed E-state index contributed by atoms with van der Waals surface area (Å²) in [7, 11) is 0. The first-order valence-electron chi connectivity index (χ1n) is 3.49. The van der Waals surface area contributed by atoms with Gasteiger partial charge in [0.2, 0.25) is 0 Å². The highest BCUT2D eigenvalue weighted by molar-refractivity contribution is 5.46. The van der Waals surface area contributed by atoms with Gasteiger partial charge < -0.3 is 16.2 Å². The molecule has 0 aromatic carbocycles. The van der Waals surface area contributed by atoms with E-state index in [1.807, 2.05) is 0 Å². The number of nitrogen functional groups attached to an aromatic ring is 2. The van der Waals surface area contributed by atoms with E-state index in [0.29, 0.717) is 24.0 Å². The Labute approximate surface area is 70.8 Å². The van der Waals surface area contributed by atoms with Crippen molar-refractivity contribution in [2.45, 2.75) is 0 Å². The van der Waals surface area contributed by atoms with Crippen molar-refractivity contribution < 1.29 is 4.74 Å². The van der Waals surface area contributed by atoms with Crippen molar-refractivity contribution in [3.8, 4) is 5.75 Å². The number of hydrogen-bond donors (Lipinski definition) is 2. The lowest BCUT2D eigenvalue weighted by atomic mass is 10.4. The fraction of sp³-hybridized carbons (Fsp3) is 0.125. The van der Waals surface area contributed by atoms with Gasteiger partial charge in [0, 0.05) is 12.1 Å². The molecule has 0 radical (unpaired) electrons. The molecule has 0 aliphatic heterocycles. The van der Waals surface area contributed by atoms with E-state index >= 15 is 0 Å². The normalized spacial score (nSPS) is 9.33. The molecule has 0 fully saturated rings. The van der Waals surface area contributed by atoms with Crippen LogP contribution in [0.25, 0.3) is 0 Å². The lowest BCUT2D eigenvalue weighted by Gasteiger charge is -2.04. The molecular weight excluding hydrogens is 154 g/mol. The van der Waals surface area contributed by atoms with E-state index in [2.05, 4.69) is 11.6 Å². The van der Waals surface area contributed by atoms with Gasteiger partial charge in [0.15, 0.2) is 0 Å².